The number of nitrogens with two attached hydrogens (primary N) is 1. The van der Waals surface area contributed by atoms with Crippen LogP contribution in [0.2, 0.25) is 0 Å². The Hall–Kier alpha value is -0.820. The van der Waals surface area contributed by atoms with Gasteiger partial charge < -0.3 is 5.73 Å². The first-order valence-electron chi connectivity index (χ1n) is 5.65. The van der Waals surface area contributed by atoms with Gasteiger partial charge in [0.15, 0.2) is 0 Å². The summed E-state index contributed by atoms with van der Waals surface area (Å²) in [7, 11) is 0. The molecule has 0 unspecified atom stereocenters. The average Bonchev–Trinajstić information content (AvgIpc) is 2.47. The van der Waals surface area contributed by atoms with Crippen molar-refractivity contribution < 1.29 is 0 Å². The third-order valence-corrected chi connectivity index (χ3v) is 3.25. The summed E-state index contributed by atoms with van der Waals surface area (Å²) < 4.78 is 0. The molecule has 2 rings (SSSR count). The van der Waals surface area contributed by atoms with Crippen molar-refractivity contribution in [2.75, 3.05) is 0 Å². The second-order valence-corrected chi connectivity index (χ2v) is 4.34. The Morgan fingerprint density at radius 2 is 1.86 bits per heavy atom. The molecule has 1 heteroatoms. The molecule has 0 aromatic heterocycles. The standard InChI is InChI=1S/C13H19N/c14-13-9-7-12(8-10-13)11-5-3-1-2-4-6-11/h1,3-6,12-13H,2,7-10,14H2. The fourth-order valence-corrected chi connectivity index (χ4v) is 2.32. The van der Waals surface area contributed by atoms with Gasteiger partial charge in [-0.1, -0.05) is 30.4 Å². The van der Waals surface area contributed by atoms with Crippen LogP contribution >= 0.6 is 0 Å². The minimum Gasteiger partial charge on any atom is -0.328 e. The smallest absolute Gasteiger partial charge is 0.00392 e. The van der Waals surface area contributed by atoms with Gasteiger partial charge in [0, 0.05) is 6.04 Å². The Bertz CT molecular complexity index is 265. The van der Waals surface area contributed by atoms with Gasteiger partial charge in [0.1, 0.15) is 0 Å². The van der Waals surface area contributed by atoms with Crippen LogP contribution in [0.15, 0.2) is 36.0 Å². The minimum absolute atomic E-state index is 0.456. The fourth-order valence-electron chi connectivity index (χ4n) is 2.32. The number of hydrogen-bond acceptors (Lipinski definition) is 1. The van der Waals surface area contributed by atoms with E-state index in [4.69, 9.17) is 5.73 Å². The van der Waals surface area contributed by atoms with Crippen molar-refractivity contribution in [3.63, 3.8) is 0 Å². The van der Waals surface area contributed by atoms with Crippen LogP contribution in [0.3, 0.4) is 0 Å². The predicted molar refractivity (Wildman–Crippen MR) is 60.9 cm³/mol. The molecule has 0 radical (unpaired) electrons. The van der Waals surface area contributed by atoms with Crippen molar-refractivity contribution in [2.45, 2.75) is 38.1 Å². The molecule has 0 heterocycles. The highest BCUT2D eigenvalue weighted by molar-refractivity contribution is 5.29. The summed E-state index contributed by atoms with van der Waals surface area (Å²) in [5.41, 5.74) is 7.41. The zero-order valence-electron chi connectivity index (χ0n) is 8.65. The molecule has 2 N–H and O–H groups in total. The Balaban J connectivity index is 2.00. The van der Waals surface area contributed by atoms with E-state index in [0.29, 0.717) is 6.04 Å². The fraction of sp³-hybridized carbons (Fsp3) is 0.538. The van der Waals surface area contributed by atoms with Crippen LogP contribution in [-0.4, -0.2) is 6.04 Å². The van der Waals surface area contributed by atoms with Crippen LogP contribution in [0.5, 0.6) is 0 Å². The molecule has 1 fully saturated rings. The summed E-state index contributed by atoms with van der Waals surface area (Å²) in [5, 5.41) is 0. The summed E-state index contributed by atoms with van der Waals surface area (Å²) in [6.07, 6.45) is 17.2. The highest BCUT2D eigenvalue weighted by atomic mass is 14.6. The molecule has 0 aromatic rings. The molecule has 14 heavy (non-hydrogen) atoms. The topological polar surface area (TPSA) is 26.0 Å². The van der Waals surface area contributed by atoms with Crippen molar-refractivity contribution in [3.8, 4) is 0 Å². The Morgan fingerprint density at radius 3 is 2.64 bits per heavy atom. The molecule has 0 saturated heterocycles. The van der Waals surface area contributed by atoms with Gasteiger partial charge in [-0.3, -0.25) is 0 Å². The van der Waals surface area contributed by atoms with Crippen molar-refractivity contribution in [1.82, 2.24) is 0 Å². The SMILES string of the molecule is NC1CCC(C2=CC=CCC=C2)CC1. The molecule has 0 aliphatic heterocycles. The molecule has 1 nitrogen and oxygen atoms in total. The van der Waals surface area contributed by atoms with Gasteiger partial charge in [0.25, 0.3) is 0 Å². The van der Waals surface area contributed by atoms with Gasteiger partial charge >= 0.3 is 0 Å². The van der Waals surface area contributed by atoms with Gasteiger partial charge in [-0.25, -0.2) is 0 Å². The second-order valence-electron chi connectivity index (χ2n) is 4.34. The molecule has 2 aliphatic carbocycles. The van der Waals surface area contributed by atoms with Crippen molar-refractivity contribution >= 4 is 0 Å². The Labute approximate surface area is 86.4 Å². The number of allylic oxidation sites excluding steroid dienone is 6. The van der Waals surface area contributed by atoms with E-state index in [1.165, 1.54) is 31.3 Å². The van der Waals surface area contributed by atoms with Crippen LogP contribution in [0.4, 0.5) is 0 Å². The molecule has 0 bridgehead atoms. The van der Waals surface area contributed by atoms with E-state index in [-0.39, 0.29) is 0 Å². The lowest BCUT2D eigenvalue weighted by Gasteiger charge is -2.26. The lowest BCUT2D eigenvalue weighted by molar-refractivity contribution is 0.367. The molecule has 0 atom stereocenters. The highest BCUT2D eigenvalue weighted by Gasteiger charge is 2.20. The van der Waals surface area contributed by atoms with Gasteiger partial charge in [-0.15, -0.1) is 0 Å². The predicted octanol–water partition coefficient (Wildman–Crippen LogP) is 2.95. The zero-order chi connectivity index (χ0) is 9.80. The van der Waals surface area contributed by atoms with Crippen molar-refractivity contribution in [3.05, 3.63) is 36.0 Å². The minimum atomic E-state index is 0.456. The van der Waals surface area contributed by atoms with E-state index in [9.17, 15) is 0 Å². The first kappa shape index (κ1) is 9.72. The third kappa shape index (κ3) is 2.36. The average molecular weight is 189 g/mol. The molecular weight excluding hydrogens is 170 g/mol. The van der Waals surface area contributed by atoms with E-state index in [2.05, 4.69) is 30.4 Å². The molecule has 76 valence electrons. The lowest BCUT2D eigenvalue weighted by atomic mass is 9.81. The van der Waals surface area contributed by atoms with Crippen molar-refractivity contribution in [1.29, 1.82) is 0 Å². The summed E-state index contributed by atoms with van der Waals surface area (Å²) in [5.74, 6) is 0.758. The van der Waals surface area contributed by atoms with Gasteiger partial charge in [0.05, 0.1) is 0 Å². The summed E-state index contributed by atoms with van der Waals surface area (Å²) in [4.78, 5) is 0. The molecule has 1 saturated carbocycles. The monoisotopic (exact) mass is 189 g/mol. The lowest BCUT2D eigenvalue weighted by Crippen LogP contribution is -2.26. The summed E-state index contributed by atoms with van der Waals surface area (Å²) >= 11 is 0. The van der Waals surface area contributed by atoms with Gasteiger partial charge in [-0.2, -0.15) is 0 Å². The first-order chi connectivity index (χ1) is 6.86. The highest BCUT2D eigenvalue weighted by Crippen LogP contribution is 2.30. The van der Waals surface area contributed by atoms with Crippen LogP contribution < -0.4 is 5.73 Å². The van der Waals surface area contributed by atoms with Crippen LogP contribution in [0.25, 0.3) is 0 Å². The first-order valence-corrected chi connectivity index (χ1v) is 5.65. The molecular formula is C13H19N. The number of hydrogen-bond donors (Lipinski definition) is 1. The van der Waals surface area contributed by atoms with E-state index < -0.39 is 0 Å². The largest absolute Gasteiger partial charge is 0.328 e. The molecule has 0 amide bonds. The van der Waals surface area contributed by atoms with Gasteiger partial charge in [-0.05, 0) is 43.6 Å². The second kappa shape index (κ2) is 4.61. The third-order valence-electron chi connectivity index (χ3n) is 3.25. The normalized spacial score (nSPS) is 32.5. The Morgan fingerprint density at radius 1 is 1.07 bits per heavy atom. The van der Waals surface area contributed by atoms with E-state index >= 15 is 0 Å². The maximum Gasteiger partial charge on any atom is 0.00392 e. The van der Waals surface area contributed by atoms with E-state index in [0.717, 1.165) is 12.3 Å². The molecule has 2 aliphatic rings. The molecule has 0 spiro atoms. The van der Waals surface area contributed by atoms with Crippen LogP contribution in [0.1, 0.15) is 32.1 Å². The zero-order valence-corrected chi connectivity index (χ0v) is 8.65. The van der Waals surface area contributed by atoms with Gasteiger partial charge in [0.2, 0.25) is 0 Å². The molecule has 0 aromatic carbocycles. The van der Waals surface area contributed by atoms with Crippen LogP contribution in [-0.2, 0) is 0 Å². The summed E-state index contributed by atoms with van der Waals surface area (Å²) in [6.45, 7) is 0. The van der Waals surface area contributed by atoms with Crippen LogP contribution in [0, 0.1) is 5.92 Å². The maximum atomic E-state index is 5.91. The maximum absolute atomic E-state index is 5.91. The van der Waals surface area contributed by atoms with E-state index in [1.807, 2.05) is 0 Å². The summed E-state index contributed by atoms with van der Waals surface area (Å²) in [6, 6.07) is 0.456. The van der Waals surface area contributed by atoms with Crippen molar-refractivity contribution in [2.24, 2.45) is 11.7 Å². The Kier molecular flexibility index (Phi) is 3.20. The van der Waals surface area contributed by atoms with E-state index in [1.54, 1.807) is 0 Å². The number of rotatable bonds is 1. The quantitative estimate of drug-likeness (QED) is 0.674.